The number of fused-ring (bicyclic) bond motifs is 2. The molecule has 3 rings (SSSR count). The minimum Gasteiger partial charge on any atom is -0.457 e. The summed E-state index contributed by atoms with van der Waals surface area (Å²) in [4.78, 5) is 10.8. The highest BCUT2D eigenvalue weighted by molar-refractivity contribution is 5.49. The van der Waals surface area contributed by atoms with Gasteiger partial charge in [0.15, 0.2) is 0 Å². The Balaban J connectivity index is 2.16. The Hall–Kier alpha value is -2.36. The van der Waals surface area contributed by atoms with Crippen LogP contribution in [-0.2, 0) is 0 Å². The molecule has 20 heavy (non-hydrogen) atoms. The SMILES string of the molecule is CC1c2ccccc2Oc2ccccc2C1C[N+](=O)[O-]. The van der Waals surface area contributed by atoms with Crippen LogP contribution >= 0.6 is 0 Å². The molecule has 2 unspecified atom stereocenters. The van der Waals surface area contributed by atoms with Crippen LogP contribution in [0.5, 0.6) is 11.5 Å². The molecule has 0 saturated carbocycles. The smallest absolute Gasteiger partial charge is 0.211 e. The van der Waals surface area contributed by atoms with Crippen molar-refractivity contribution in [2.45, 2.75) is 18.8 Å². The zero-order valence-corrected chi connectivity index (χ0v) is 11.2. The minimum atomic E-state index is -0.244. The number of hydrogen-bond donors (Lipinski definition) is 0. The predicted molar refractivity (Wildman–Crippen MR) is 76.0 cm³/mol. The van der Waals surface area contributed by atoms with E-state index in [0.29, 0.717) is 0 Å². The van der Waals surface area contributed by atoms with Gasteiger partial charge in [0, 0.05) is 10.5 Å². The highest BCUT2D eigenvalue weighted by atomic mass is 16.6. The van der Waals surface area contributed by atoms with E-state index in [1.165, 1.54) is 0 Å². The zero-order valence-electron chi connectivity index (χ0n) is 11.2. The lowest BCUT2D eigenvalue weighted by atomic mass is 9.83. The van der Waals surface area contributed by atoms with Gasteiger partial charge in [0.05, 0.1) is 5.92 Å². The van der Waals surface area contributed by atoms with E-state index >= 15 is 0 Å². The first-order chi connectivity index (χ1) is 9.66. The topological polar surface area (TPSA) is 52.4 Å². The molecule has 0 aliphatic carbocycles. The molecule has 1 heterocycles. The van der Waals surface area contributed by atoms with Crippen molar-refractivity contribution in [1.29, 1.82) is 0 Å². The Labute approximate surface area is 117 Å². The molecule has 102 valence electrons. The molecule has 2 aromatic carbocycles. The second-order valence-corrected chi connectivity index (χ2v) is 5.09. The highest BCUT2D eigenvalue weighted by Gasteiger charge is 2.32. The monoisotopic (exact) mass is 269 g/mol. The Bertz CT molecular complexity index is 654. The maximum atomic E-state index is 11.0. The fourth-order valence-electron chi connectivity index (χ4n) is 2.85. The van der Waals surface area contributed by atoms with Crippen LogP contribution in [0, 0.1) is 10.1 Å². The van der Waals surface area contributed by atoms with Gasteiger partial charge in [-0.05, 0) is 23.6 Å². The van der Waals surface area contributed by atoms with Crippen molar-refractivity contribution in [3.63, 3.8) is 0 Å². The Morgan fingerprint density at radius 3 is 2.25 bits per heavy atom. The van der Waals surface area contributed by atoms with Crippen LogP contribution in [0.3, 0.4) is 0 Å². The van der Waals surface area contributed by atoms with Gasteiger partial charge in [0.2, 0.25) is 6.54 Å². The highest BCUT2D eigenvalue weighted by Crippen LogP contribution is 2.45. The van der Waals surface area contributed by atoms with Crippen LogP contribution in [0.15, 0.2) is 48.5 Å². The van der Waals surface area contributed by atoms with E-state index < -0.39 is 0 Å². The normalized spacial score (nSPS) is 20.2. The van der Waals surface area contributed by atoms with Gasteiger partial charge in [-0.25, -0.2) is 0 Å². The maximum Gasteiger partial charge on any atom is 0.211 e. The minimum absolute atomic E-state index is 0.0419. The summed E-state index contributed by atoms with van der Waals surface area (Å²) in [7, 11) is 0. The molecule has 0 saturated heterocycles. The maximum absolute atomic E-state index is 11.0. The number of nitrogens with zero attached hydrogens (tertiary/aromatic N) is 1. The molecule has 0 amide bonds. The third-order valence-electron chi connectivity index (χ3n) is 3.90. The molecule has 4 nitrogen and oxygen atoms in total. The van der Waals surface area contributed by atoms with Crippen molar-refractivity contribution in [2.75, 3.05) is 6.54 Å². The summed E-state index contributed by atoms with van der Waals surface area (Å²) in [5.74, 6) is 1.37. The van der Waals surface area contributed by atoms with Crippen LogP contribution in [0.4, 0.5) is 0 Å². The second-order valence-electron chi connectivity index (χ2n) is 5.09. The van der Waals surface area contributed by atoms with Crippen molar-refractivity contribution in [3.05, 3.63) is 69.8 Å². The third kappa shape index (κ3) is 2.13. The van der Waals surface area contributed by atoms with Gasteiger partial charge in [0.1, 0.15) is 11.5 Å². The lowest BCUT2D eigenvalue weighted by Crippen LogP contribution is -2.17. The molecule has 1 aliphatic rings. The molecule has 2 atom stereocenters. The Kier molecular flexibility index (Phi) is 3.14. The molecular weight excluding hydrogens is 254 g/mol. The van der Waals surface area contributed by atoms with Gasteiger partial charge in [-0.1, -0.05) is 43.3 Å². The van der Waals surface area contributed by atoms with E-state index in [1.807, 2.05) is 55.5 Å². The number of rotatable bonds is 2. The largest absolute Gasteiger partial charge is 0.457 e. The number of ether oxygens (including phenoxy) is 1. The fraction of sp³-hybridized carbons (Fsp3) is 0.250. The van der Waals surface area contributed by atoms with E-state index in [0.717, 1.165) is 22.6 Å². The summed E-state index contributed by atoms with van der Waals surface area (Å²) < 4.78 is 5.96. The van der Waals surface area contributed by atoms with E-state index in [9.17, 15) is 10.1 Å². The number of para-hydroxylation sites is 2. The molecule has 0 fully saturated rings. The van der Waals surface area contributed by atoms with Crippen molar-refractivity contribution < 1.29 is 9.66 Å². The molecule has 0 aromatic heterocycles. The van der Waals surface area contributed by atoms with Crippen LogP contribution in [-0.4, -0.2) is 11.5 Å². The standard InChI is InChI=1S/C16H15NO3/c1-11-12-6-2-4-8-15(12)20-16-9-5-3-7-13(16)14(11)10-17(18)19/h2-9,11,14H,10H2,1H3. The van der Waals surface area contributed by atoms with E-state index in [2.05, 4.69) is 0 Å². The fourth-order valence-corrected chi connectivity index (χ4v) is 2.85. The summed E-state index contributed by atoms with van der Waals surface area (Å²) in [6.07, 6.45) is 0. The van der Waals surface area contributed by atoms with Crippen LogP contribution in [0.25, 0.3) is 0 Å². The van der Waals surface area contributed by atoms with Crippen LogP contribution in [0.2, 0.25) is 0 Å². The molecule has 0 spiro atoms. The lowest BCUT2D eigenvalue weighted by Gasteiger charge is -2.19. The van der Waals surface area contributed by atoms with Crippen LogP contribution < -0.4 is 4.74 Å². The summed E-state index contributed by atoms with van der Waals surface area (Å²) in [6, 6.07) is 15.3. The van der Waals surface area contributed by atoms with E-state index in [1.54, 1.807) is 0 Å². The molecule has 0 bridgehead atoms. The first-order valence-corrected chi connectivity index (χ1v) is 6.64. The third-order valence-corrected chi connectivity index (χ3v) is 3.90. The van der Waals surface area contributed by atoms with Crippen molar-refractivity contribution in [1.82, 2.24) is 0 Å². The molecule has 1 aliphatic heterocycles. The van der Waals surface area contributed by atoms with Crippen molar-refractivity contribution in [3.8, 4) is 11.5 Å². The second kappa shape index (κ2) is 4.96. The molecular formula is C16H15NO3. The average molecular weight is 269 g/mol. The quantitative estimate of drug-likeness (QED) is 0.612. The predicted octanol–water partition coefficient (Wildman–Crippen LogP) is 3.96. The Morgan fingerprint density at radius 2 is 1.60 bits per heavy atom. The summed E-state index contributed by atoms with van der Waals surface area (Å²) in [6.45, 7) is 1.94. The van der Waals surface area contributed by atoms with Crippen molar-refractivity contribution in [2.24, 2.45) is 0 Å². The lowest BCUT2D eigenvalue weighted by molar-refractivity contribution is -0.484. The van der Waals surface area contributed by atoms with Gasteiger partial charge >= 0.3 is 0 Å². The van der Waals surface area contributed by atoms with E-state index in [-0.39, 0.29) is 23.3 Å². The van der Waals surface area contributed by atoms with Crippen molar-refractivity contribution >= 4 is 0 Å². The first-order valence-electron chi connectivity index (χ1n) is 6.64. The van der Waals surface area contributed by atoms with Gasteiger partial charge in [-0.3, -0.25) is 10.1 Å². The van der Waals surface area contributed by atoms with E-state index in [4.69, 9.17) is 4.74 Å². The molecule has 4 heteroatoms. The number of hydrogen-bond acceptors (Lipinski definition) is 3. The first kappa shape index (κ1) is 12.7. The zero-order chi connectivity index (χ0) is 14.1. The number of benzene rings is 2. The Morgan fingerprint density at radius 1 is 1.05 bits per heavy atom. The average Bonchev–Trinajstić information content (AvgIpc) is 2.55. The summed E-state index contributed by atoms with van der Waals surface area (Å²) in [5.41, 5.74) is 1.93. The van der Waals surface area contributed by atoms with Gasteiger partial charge < -0.3 is 4.74 Å². The van der Waals surface area contributed by atoms with Gasteiger partial charge in [-0.15, -0.1) is 0 Å². The molecule has 0 N–H and O–H groups in total. The summed E-state index contributed by atoms with van der Waals surface area (Å²) in [5, 5.41) is 11.0. The number of nitro groups is 1. The molecule has 2 aromatic rings. The molecule has 0 radical (unpaired) electrons. The van der Waals surface area contributed by atoms with Gasteiger partial charge in [0.25, 0.3) is 0 Å². The summed E-state index contributed by atoms with van der Waals surface area (Å²) >= 11 is 0. The van der Waals surface area contributed by atoms with Crippen LogP contribution in [0.1, 0.15) is 29.9 Å². The van der Waals surface area contributed by atoms with Gasteiger partial charge in [-0.2, -0.15) is 0 Å².